The number of hydrogen-bond donors (Lipinski definition) is 1. The van der Waals surface area contributed by atoms with Crippen molar-refractivity contribution in [1.29, 1.82) is 0 Å². The number of hydrogen-bond acceptors (Lipinski definition) is 2. The molecule has 0 radical (unpaired) electrons. The number of primary amides is 1. The molecule has 0 saturated heterocycles. The van der Waals surface area contributed by atoms with Gasteiger partial charge in [0, 0.05) is 28.5 Å². The van der Waals surface area contributed by atoms with Crippen molar-refractivity contribution in [1.82, 2.24) is 4.57 Å². The molecule has 0 unspecified atom stereocenters. The third kappa shape index (κ3) is 3.75. The van der Waals surface area contributed by atoms with Crippen LogP contribution in [0.2, 0.25) is 5.02 Å². The van der Waals surface area contributed by atoms with E-state index in [0.29, 0.717) is 12.1 Å². The third-order valence-electron chi connectivity index (χ3n) is 4.51. The molecule has 5 heteroatoms. The molecule has 1 amide bonds. The maximum absolute atomic E-state index is 11.8. The van der Waals surface area contributed by atoms with Crippen LogP contribution in [0.4, 0.5) is 0 Å². The molecule has 0 saturated carbocycles. The van der Waals surface area contributed by atoms with Gasteiger partial charge in [0.2, 0.25) is 0 Å². The first-order valence-corrected chi connectivity index (χ1v) is 8.76. The Balaban J connectivity index is 2.00. The number of carbonyl (C=O) groups is 1. The molecule has 1 aromatic heterocycles. The summed E-state index contributed by atoms with van der Waals surface area (Å²) in [7, 11) is 1.64. The van der Waals surface area contributed by atoms with Gasteiger partial charge in [-0.3, -0.25) is 4.79 Å². The number of nitrogens with zero attached hydrogens (tertiary/aromatic N) is 1. The van der Waals surface area contributed by atoms with E-state index in [1.807, 2.05) is 61.5 Å². The Bertz CT molecular complexity index is 947. The second-order valence-electron chi connectivity index (χ2n) is 6.16. The lowest BCUT2D eigenvalue weighted by molar-refractivity contribution is 0.0999. The Morgan fingerprint density at radius 1 is 1.15 bits per heavy atom. The van der Waals surface area contributed by atoms with Crippen LogP contribution >= 0.6 is 11.6 Å². The molecule has 3 aromatic rings. The SMILES string of the molecule is COc1cccc(-c2cc(C(N)=O)c(C)n2CCc2cccc(Cl)c2)c1. The topological polar surface area (TPSA) is 57.2 Å². The molecule has 0 spiro atoms. The Labute approximate surface area is 158 Å². The Kier molecular flexibility index (Phi) is 5.33. The van der Waals surface area contributed by atoms with Crippen LogP contribution in [-0.2, 0) is 13.0 Å². The lowest BCUT2D eigenvalue weighted by Gasteiger charge is -2.13. The Morgan fingerprint density at radius 3 is 2.62 bits per heavy atom. The van der Waals surface area contributed by atoms with Crippen LogP contribution in [0.3, 0.4) is 0 Å². The second-order valence-corrected chi connectivity index (χ2v) is 6.59. The molecule has 26 heavy (non-hydrogen) atoms. The van der Waals surface area contributed by atoms with Crippen molar-refractivity contribution in [2.24, 2.45) is 5.73 Å². The van der Waals surface area contributed by atoms with Gasteiger partial charge in [-0.15, -0.1) is 0 Å². The lowest BCUT2D eigenvalue weighted by atomic mass is 10.1. The average molecular weight is 369 g/mol. The van der Waals surface area contributed by atoms with Gasteiger partial charge in [0.05, 0.1) is 12.7 Å². The fraction of sp³-hybridized carbons (Fsp3) is 0.190. The van der Waals surface area contributed by atoms with Gasteiger partial charge in [0.15, 0.2) is 0 Å². The number of aryl methyl sites for hydroxylation is 1. The van der Waals surface area contributed by atoms with Crippen LogP contribution in [0.5, 0.6) is 5.75 Å². The number of ether oxygens (including phenoxy) is 1. The zero-order chi connectivity index (χ0) is 18.7. The van der Waals surface area contributed by atoms with Crippen LogP contribution in [0.15, 0.2) is 54.6 Å². The predicted octanol–water partition coefficient (Wildman–Crippen LogP) is 4.47. The van der Waals surface area contributed by atoms with Gasteiger partial charge in [-0.25, -0.2) is 0 Å². The van der Waals surface area contributed by atoms with Gasteiger partial charge < -0.3 is 15.0 Å². The summed E-state index contributed by atoms with van der Waals surface area (Å²) in [5.41, 5.74) is 10.0. The molecule has 4 nitrogen and oxygen atoms in total. The highest BCUT2D eigenvalue weighted by atomic mass is 35.5. The number of carbonyl (C=O) groups excluding carboxylic acids is 1. The zero-order valence-electron chi connectivity index (χ0n) is 14.8. The van der Waals surface area contributed by atoms with Crippen molar-refractivity contribution >= 4 is 17.5 Å². The number of benzene rings is 2. The number of amides is 1. The first kappa shape index (κ1) is 18.1. The molecule has 0 aliphatic carbocycles. The van der Waals surface area contributed by atoms with E-state index < -0.39 is 5.91 Å². The molecule has 0 atom stereocenters. The maximum atomic E-state index is 11.8. The summed E-state index contributed by atoms with van der Waals surface area (Å²) in [4.78, 5) is 11.8. The molecule has 1 heterocycles. The minimum atomic E-state index is -0.423. The Morgan fingerprint density at radius 2 is 1.92 bits per heavy atom. The van der Waals surface area contributed by atoms with E-state index in [1.54, 1.807) is 7.11 Å². The van der Waals surface area contributed by atoms with Crippen LogP contribution < -0.4 is 10.5 Å². The minimum Gasteiger partial charge on any atom is -0.497 e. The number of methoxy groups -OCH3 is 1. The first-order chi connectivity index (χ1) is 12.5. The summed E-state index contributed by atoms with van der Waals surface area (Å²) < 4.78 is 7.45. The summed E-state index contributed by atoms with van der Waals surface area (Å²) in [5.74, 6) is 0.344. The smallest absolute Gasteiger partial charge is 0.250 e. The molecule has 0 fully saturated rings. The van der Waals surface area contributed by atoms with Gasteiger partial charge in [-0.1, -0.05) is 35.9 Å². The van der Waals surface area contributed by atoms with Crippen molar-refractivity contribution in [2.75, 3.05) is 7.11 Å². The van der Waals surface area contributed by atoms with Gasteiger partial charge >= 0.3 is 0 Å². The van der Waals surface area contributed by atoms with Gasteiger partial charge in [0.25, 0.3) is 5.91 Å². The van der Waals surface area contributed by atoms with Crippen molar-refractivity contribution in [2.45, 2.75) is 19.9 Å². The number of halogens is 1. The fourth-order valence-corrected chi connectivity index (χ4v) is 3.35. The zero-order valence-corrected chi connectivity index (χ0v) is 15.6. The quantitative estimate of drug-likeness (QED) is 0.698. The highest BCUT2D eigenvalue weighted by Crippen LogP contribution is 2.29. The van der Waals surface area contributed by atoms with E-state index >= 15 is 0 Å². The summed E-state index contributed by atoms with van der Waals surface area (Å²) in [6.07, 6.45) is 0.797. The molecule has 2 aromatic carbocycles. The van der Waals surface area contributed by atoms with Crippen molar-refractivity contribution < 1.29 is 9.53 Å². The van der Waals surface area contributed by atoms with E-state index in [4.69, 9.17) is 22.1 Å². The first-order valence-electron chi connectivity index (χ1n) is 8.38. The van der Waals surface area contributed by atoms with Crippen molar-refractivity contribution in [3.63, 3.8) is 0 Å². The largest absolute Gasteiger partial charge is 0.497 e. The minimum absolute atomic E-state index is 0.423. The summed E-state index contributed by atoms with van der Waals surface area (Å²) in [6.45, 7) is 2.63. The van der Waals surface area contributed by atoms with Crippen LogP contribution in [0, 0.1) is 6.92 Å². The molecular formula is C21H21ClN2O2. The third-order valence-corrected chi connectivity index (χ3v) is 4.75. The number of aromatic nitrogens is 1. The van der Waals surface area contributed by atoms with Gasteiger partial charge in [0.1, 0.15) is 5.75 Å². The van der Waals surface area contributed by atoms with Crippen LogP contribution in [0.25, 0.3) is 11.3 Å². The van der Waals surface area contributed by atoms with Crippen LogP contribution in [-0.4, -0.2) is 17.6 Å². The highest BCUT2D eigenvalue weighted by molar-refractivity contribution is 6.30. The lowest BCUT2D eigenvalue weighted by Crippen LogP contribution is -2.13. The van der Waals surface area contributed by atoms with Crippen molar-refractivity contribution in [3.8, 4) is 17.0 Å². The number of nitrogens with two attached hydrogens (primary N) is 1. The molecule has 0 bridgehead atoms. The van der Waals surface area contributed by atoms with E-state index in [0.717, 1.165) is 39.7 Å². The Hall–Kier alpha value is -2.72. The van der Waals surface area contributed by atoms with E-state index in [2.05, 4.69) is 4.57 Å². The number of rotatable bonds is 6. The van der Waals surface area contributed by atoms with Crippen molar-refractivity contribution in [3.05, 3.63) is 76.4 Å². The highest BCUT2D eigenvalue weighted by Gasteiger charge is 2.17. The maximum Gasteiger partial charge on any atom is 0.250 e. The fourth-order valence-electron chi connectivity index (χ4n) is 3.14. The average Bonchev–Trinajstić information content (AvgIpc) is 2.97. The van der Waals surface area contributed by atoms with Gasteiger partial charge in [-0.05, 0) is 49.2 Å². The van der Waals surface area contributed by atoms with E-state index in [9.17, 15) is 4.79 Å². The molecule has 2 N–H and O–H groups in total. The summed E-state index contributed by atoms with van der Waals surface area (Å²) >= 11 is 6.08. The molecule has 0 aliphatic rings. The second kappa shape index (κ2) is 7.67. The normalized spacial score (nSPS) is 10.7. The standard InChI is InChI=1S/C21H21ClN2O2/c1-14-19(21(23)25)13-20(16-6-4-8-18(12-16)26-2)24(14)10-9-15-5-3-7-17(22)11-15/h3-8,11-13H,9-10H2,1-2H3,(H2,23,25). The molecule has 0 aliphatic heterocycles. The van der Waals surface area contributed by atoms with Gasteiger partial charge in [-0.2, -0.15) is 0 Å². The molecule has 134 valence electrons. The summed E-state index contributed by atoms with van der Waals surface area (Å²) in [5, 5.41) is 0.720. The molecular weight excluding hydrogens is 348 g/mol. The summed E-state index contributed by atoms with van der Waals surface area (Å²) in [6, 6.07) is 17.4. The van der Waals surface area contributed by atoms with Crippen LogP contribution in [0.1, 0.15) is 21.6 Å². The molecule has 3 rings (SSSR count). The predicted molar refractivity (Wildman–Crippen MR) is 105 cm³/mol. The monoisotopic (exact) mass is 368 g/mol. The van der Waals surface area contributed by atoms with E-state index in [-0.39, 0.29) is 0 Å². The van der Waals surface area contributed by atoms with E-state index in [1.165, 1.54) is 0 Å².